The van der Waals surface area contributed by atoms with Crippen molar-refractivity contribution in [3.05, 3.63) is 60.2 Å². The highest BCUT2D eigenvalue weighted by molar-refractivity contribution is 6.00. The molecule has 0 spiro atoms. The number of morpholine rings is 1. The zero-order valence-corrected chi connectivity index (χ0v) is 13.1. The summed E-state index contributed by atoms with van der Waals surface area (Å²) in [5.41, 5.74) is 7.45. The van der Waals surface area contributed by atoms with Gasteiger partial charge in [0, 0.05) is 12.2 Å². The lowest BCUT2D eigenvalue weighted by Crippen LogP contribution is -2.50. The summed E-state index contributed by atoms with van der Waals surface area (Å²) in [5.74, 6) is -0.702. The summed E-state index contributed by atoms with van der Waals surface area (Å²) >= 11 is 0. The summed E-state index contributed by atoms with van der Waals surface area (Å²) in [4.78, 5) is 25.8. The van der Waals surface area contributed by atoms with Crippen molar-refractivity contribution in [2.24, 2.45) is 5.73 Å². The third-order valence-corrected chi connectivity index (χ3v) is 3.88. The van der Waals surface area contributed by atoms with Crippen LogP contribution in [0.2, 0.25) is 0 Å². The highest BCUT2D eigenvalue weighted by atomic mass is 16.5. The predicted octanol–water partition coefficient (Wildman–Crippen LogP) is 1.76. The number of hydrogen-bond donors (Lipinski definition) is 2. The van der Waals surface area contributed by atoms with Gasteiger partial charge in [0.25, 0.3) is 5.91 Å². The number of nitrogens with one attached hydrogen (secondary N) is 1. The van der Waals surface area contributed by atoms with E-state index < -0.39 is 12.0 Å². The van der Waals surface area contributed by atoms with Crippen molar-refractivity contribution in [3.63, 3.8) is 0 Å². The van der Waals surface area contributed by atoms with Crippen LogP contribution in [-0.4, -0.2) is 42.5 Å². The van der Waals surface area contributed by atoms with Gasteiger partial charge in [0.05, 0.1) is 24.4 Å². The van der Waals surface area contributed by atoms with Gasteiger partial charge in [-0.1, -0.05) is 30.3 Å². The number of rotatable bonds is 4. The normalized spacial score (nSPS) is 17.3. The van der Waals surface area contributed by atoms with Gasteiger partial charge in [0.2, 0.25) is 5.91 Å². The van der Waals surface area contributed by atoms with Gasteiger partial charge in [-0.25, -0.2) is 0 Å². The first kappa shape index (κ1) is 16.0. The van der Waals surface area contributed by atoms with Crippen molar-refractivity contribution in [2.45, 2.75) is 6.10 Å². The molecule has 1 saturated heterocycles. The average Bonchev–Trinajstić information content (AvgIpc) is 2.62. The Morgan fingerprint density at radius 3 is 2.54 bits per heavy atom. The fraction of sp³-hybridized carbons (Fsp3) is 0.222. The Hall–Kier alpha value is -2.86. The molecule has 1 aliphatic rings. The Morgan fingerprint density at radius 2 is 1.79 bits per heavy atom. The van der Waals surface area contributed by atoms with Gasteiger partial charge in [0.1, 0.15) is 0 Å². The van der Waals surface area contributed by atoms with E-state index in [2.05, 4.69) is 5.32 Å². The van der Waals surface area contributed by atoms with Gasteiger partial charge < -0.3 is 20.7 Å². The van der Waals surface area contributed by atoms with Crippen LogP contribution in [0.4, 0.5) is 11.4 Å². The second kappa shape index (κ2) is 7.14. The van der Waals surface area contributed by atoms with E-state index in [1.807, 2.05) is 48.5 Å². The number of carbonyl (C=O) groups excluding carboxylic acids is 2. The van der Waals surface area contributed by atoms with Crippen molar-refractivity contribution in [2.75, 3.05) is 25.0 Å². The Balaban J connectivity index is 1.81. The van der Waals surface area contributed by atoms with Crippen LogP contribution < -0.4 is 11.1 Å². The molecule has 0 radical (unpaired) electrons. The van der Waals surface area contributed by atoms with Gasteiger partial charge >= 0.3 is 0 Å². The van der Waals surface area contributed by atoms with E-state index in [4.69, 9.17) is 10.5 Å². The van der Waals surface area contributed by atoms with Gasteiger partial charge in [-0.2, -0.15) is 0 Å². The summed E-state index contributed by atoms with van der Waals surface area (Å²) in [5, 5.41) is 3.26. The fourth-order valence-corrected chi connectivity index (χ4v) is 2.63. The molecule has 1 fully saturated rings. The minimum absolute atomic E-state index is 0.149. The predicted molar refractivity (Wildman–Crippen MR) is 91.0 cm³/mol. The molecular formula is C18H19N3O3. The third-order valence-electron chi connectivity index (χ3n) is 3.88. The number of hydrogen-bond acceptors (Lipinski definition) is 4. The molecule has 1 unspecified atom stereocenters. The number of primary amides is 1. The van der Waals surface area contributed by atoms with Crippen LogP contribution in [0, 0.1) is 0 Å². The first-order valence-corrected chi connectivity index (χ1v) is 7.76. The second-order valence-electron chi connectivity index (χ2n) is 5.55. The summed E-state index contributed by atoms with van der Waals surface area (Å²) in [7, 11) is 0. The monoisotopic (exact) mass is 325 g/mol. The highest BCUT2D eigenvalue weighted by Gasteiger charge is 2.29. The van der Waals surface area contributed by atoms with Crippen molar-refractivity contribution in [1.82, 2.24) is 4.90 Å². The summed E-state index contributed by atoms with van der Waals surface area (Å²) in [6.07, 6.45) is -0.753. The Morgan fingerprint density at radius 1 is 1.08 bits per heavy atom. The van der Waals surface area contributed by atoms with Crippen molar-refractivity contribution >= 4 is 23.2 Å². The van der Waals surface area contributed by atoms with Crippen LogP contribution in [-0.2, 0) is 9.53 Å². The van der Waals surface area contributed by atoms with Gasteiger partial charge in [0.15, 0.2) is 6.10 Å². The number of nitrogens with two attached hydrogens (primary N) is 1. The fourth-order valence-electron chi connectivity index (χ4n) is 2.63. The molecule has 3 rings (SSSR count). The first-order valence-electron chi connectivity index (χ1n) is 7.76. The molecule has 6 nitrogen and oxygen atoms in total. The lowest BCUT2D eigenvalue weighted by atomic mass is 10.1. The van der Waals surface area contributed by atoms with Gasteiger partial charge in [-0.15, -0.1) is 0 Å². The van der Waals surface area contributed by atoms with Crippen molar-refractivity contribution in [3.8, 4) is 0 Å². The van der Waals surface area contributed by atoms with Crippen LogP contribution in [0.1, 0.15) is 10.4 Å². The maximum Gasteiger partial charge on any atom is 0.256 e. The van der Waals surface area contributed by atoms with E-state index in [9.17, 15) is 9.59 Å². The number of amides is 2. The van der Waals surface area contributed by atoms with Crippen LogP contribution in [0.3, 0.4) is 0 Å². The van der Waals surface area contributed by atoms with E-state index in [1.54, 1.807) is 11.0 Å². The van der Waals surface area contributed by atoms with Crippen molar-refractivity contribution in [1.29, 1.82) is 0 Å². The zero-order valence-electron chi connectivity index (χ0n) is 13.1. The Labute approximate surface area is 140 Å². The maximum absolute atomic E-state index is 12.9. The number of anilines is 2. The molecule has 2 amide bonds. The molecule has 1 aliphatic heterocycles. The first-order chi connectivity index (χ1) is 11.6. The molecule has 2 aromatic carbocycles. The summed E-state index contributed by atoms with van der Waals surface area (Å²) < 4.78 is 5.30. The number of para-hydroxylation sites is 2. The molecule has 0 aliphatic carbocycles. The molecule has 3 N–H and O–H groups in total. The SMILES string of the molecule is NC(=O)C1CN(C(=O)c2ccccc2Nc2ccccc2)CCO1. The molecule has 1 atom stereocenters. The quantitative estimate of drug-likeness (QED) is 0.897. The number of benzene rings is 2. The highest BCUT2D eigenvalue weighted by Crippen LogP contribution is 2.23. The maximum atomic E-state index is 12.9. The standard InChI is InChI=1S/C18H19N3O3/c19-17(22)16-12-21(10-11-24-16)18(23)14-8-4-5-9-15(14)20-13-6-2-1-3-7-13/h1-9,16,20H,10-12H2,(H2,19,22). The van der Waals surface area contributed by atoms with Crippen LogP contribution >= 0.6 is 0 Å². The second-order valence-corrected chi connectivity index (χ2v) is 5.55. The molecule has 124 valence electrons. The summed E-state index contributed by atoms with van der Waals surface area (Å²) in [6, 6.07) is 16.9. The lowest BCUT2D eigenvalue weighted by Gasteiger charge is -2.31. The Bertz CT molecular complexity index is 733. The molecule has 24 heavy (non-hydrogen) atoms. The van der Waals surface area contributed by atoms with E-state index in [1.165, 1.54) is 0 Å². The number of carbonyl (C=O) groups is 2. The number of nitrogens with zero attached hydrogens (tertiary/aromatic N) is 1. The molecule has 0 bridgehead atoms. The molecule has 0 aromatic heterocycles. The minimum atomic E-state index is -0.753. The van der Waals surface area contributed by atoms with E-state index in [0.29, 0.717) is 18.7 Å². The van der Waals surface area contributed by atoms with Gasteiger partial charge in [-0.3, -0.25) is 9.59 Å². The van der Waals surface area contributed by atoms with Gasteiger partial charge in [-0.05, 0) is 24.3 Å². The minimum Gasteiger partial charge on any atom is -0.367 e. The largest absolute Gasteiger partial charge is 0.367 e. The van der Waals surface area contributed by atoms with Crippen molar-refractivity contribution < 1.29 is 14.3 Å². The number of ether oxygens (including phenoxy) is 1. The van der Waals surface area contributed by atoms with Crippen LogP contribution in [0.25, 0.3) is 0 Å². The van der Waals surface area contributed by atoms with Crippen LogP contribution in [0.15, 0.2) is 54.6 Å². The van der Waals surface area contributed by atoms with E-state index in [0.717, 1.165) is 11.4 Å². The molecular weight excluding hydrogens is 306 g/mol. The Kier molecular flexibility index (Phi) is 4.77. The topological polar surface area (TPSA) is 84.7 Å². The zero-order chi connectivity index (χ0) is 16.9. The summed E-state index contributed by atoms with van der Waals surface area (Å²) in [6.45, 7) is 0.906. The van der Waals surface area contributed by atoms with Crippen LogP contribution in [0.5, 0.6) is 0 Å². The smallest absolute Gasteiger partial charge is 0.256 e. The molecule has 2 aromatic rings. The average molecular weight is 325 g/mol. The van der Waals surface area contributed by atoms with E-state index in [-0.39, 0.29) is 12.5 Å². The van der Waals surface area contributed by atoms with E-state index >= 15 is 0 Å². The molecule has 6 heteroatoms. The molecule has 1 heterocycles. The third kappa shape index (κ3) is 3.55. The molecule has 0 saturated carbocycles. The lowest BCUT2D eigenvalue weighted by molar-refractivity contribution is -0.133.